The Morgan fingerprint density at radius 3 is 2.27 bits per heavy atom. The van der Waals surface area contributed by atoms with E-state index in [2.05, 4.69) is 5.32 Å². The molecule has 0 atom stereocenters. The number of ether oxygens (including phenoxy) is 2. The van der Waals surface area contributed by atoms with Gasteiger partial charge in [-0.3, -0.25) is 19.7 Å². The lowest BCUT2D eigenvalue weighted by Crippen LogP contribution is -2.42. The predicted molar refractivity (Wildman–Crippen MR) is 121 cm³/mol. The van der Waals surface area contributed by atoms with Crippen molar-refractivity contribution in [3.63, 3.8) is 0 Å². The predicted octanol–water partition coefficient (Wildman–Crippen LogP) is 3.28. The number of non-ortho nitro benzene ring substituents is 1. The van der Waals surface area contributed by atoms with Crippen molar-refractivity contribution in [1.29, 1.82) is 0 Å². The van der Waals surface area contributed by atoms with Crippen LogP contribution in [0.5, 0.6) is 5.75 Å². The summed E-state index contributed by atoms with van der Waals surface area (Å²) in [5, 5.41) is 14.0. The van der Waals surface area contributed by atoms with Gasteiger partial charge >= 0.3 is 0 Å². The Balaban J connectivity index is 1.38. The number of carbonyl (C=O) groups is 2. The van der Waals surface area contributed by atoms with E-state index in [0.29, 0.717) is 50.6 Å². The van der Waals surface area contributed by atoms with Crippen molar-refractivity contribution in [3.05, 3.63) is 64.2 Å². The number of rotatable bonds is 7. The van der Waals surface area contributed by atoms with Gasteiger partial charge in [-0.05, 0) is 42.7 Å². The maximum atomic E-state index is 13.3. The Labute approximate surface area is 191 Å². The monoisotopic (exact) mass is 453 g/mol. The van der Waals surface area contributed by atoms with E-state index in [9.17, 15) is 19.7 Å². The number of amides is 2. The number of nitro benzene ring substituents is 1. The van der Waals surface area contributed by atoms with E-state index in [1.165, 1.54) is 12.1 Å². The van der Waals surface area contributed by atoms with Crippen LogP contribution < -0.4 is 10.1 Å². The molecule has 0 unspecified atom stereocenters. The Hall–Kier alpha value is -3.46. The zero-order chi connectivity index (χ0) is 23.3. The van der Waals surface area contributed by atoms with E-state index in [-0.39, 0.29) is 24.1 Å². The zero-order valence-electron chi connectivity index (χ0n) is 18.3. The average molecular weight is 453 g/mol. The first-order valence-corrected chi connectivity index (χ1v) is 11.1. The molecule has 1 saturated carbocycles. The van der Waals surface area contributed by atoms with Crippen LogP contribution in [0.3, 0.4) is 0 Å². The van der Waals surface area contributed by atoms with Gasteiger partial charge in [-0.25, -0.2) is 0 Å². The molecular weight excluding hydrogens is 426 g/mol. The van der Waals surface area contributed by atoms with Crippen LogP contribution in [-0.2, 0) is 19.7 Å². The van der Waals surface area contributed by atoms with Crippen molar-refractivity contribution in [1.82, 2.24) is 4.90 Å². The minimum absolute atomic E-state index is 0.00926. The van der Waals surface area contributed by atoms with Gasteiger partial charge in [0.25, 0.3) is 11.6 Å². The van der Waals surface area contributed by atoms with Crippen LogP contribution in [0.2, 0.25) is 0 Å². The standard InChI is InChI=1S/C24H27N3O6/c28-22(26-13-15-32-16-14-26)17-33-21-9-5-19(6-10-21)25-23(29)24(11-1-2-12-24)18-3-7-20(8-4-18)27(30)31/h3-10H,1-2,11-17H2,(H,25,29). The summed E-state index contributed by atoms with van der Waals surface area (Å²) >= 11 is 0. The van der Waals surface area contributed by atoms with E-state index in [0.717, 1.165) is 18.4 Å². The number of morpholine rings is 1. The molecule has 2 aliphatic rings. The lowest BCUT2D eigenvalue weighted by Gasteiger charge is -2.28. The van der Waals surface area contributed by atoms with Gasteiger partial charge in [-0.15, -0.1) is 0 Å². The molecule has 1 heterocycles. The van der Waals surface area contributed by atoms with Crippen LogP contribution in [0.25, 0.3) is 0 Å². The Morgan fingerprint density at radius 2 is 1.67 bits per heavy atom. The van der Waals surface area contributed by atoms with Crippen molar-refractivity contribution in [3.8, 4) is 5.75 Å². The summed E-state index contributed by atoms with van der Waals surface area (Å²) in [5.41, 5.74) is 0.731. The summed E-state index contributed by atoms with van der Waals surface area (Å²) in [6, 6.07) is 13.2. The first-order chi connectivity index (χ1) is 16.0. The summed E-state index contributed by atoms with van der Waals surface area (Å²) in [6.45, 7) is 2.19. The number of hydrogen-bond acceptors (Lipinski definition) is 6. The number of nitro groups is 1. The third kappa shape index (κ3) is 5.14. The molecule has 2 aromatic carbocycles. The number of nitrogens with one attached hydrogen (secondary N) is 1. The molecule has 1 aliphatic heterocycles. The van der Waals surface area contributed by atoms with E-state index in [4.69, 9.17) is 9.47 Å². The van der Waals surface area contributed by atoms with Crippen LogP contribution in [0, 0.1) is 10.1 Å². The molecule has 2 fully saturated rings. The minimum atomic E-state index is -0.700. The third-order valence-corrected chi connectivity index (χ3v) is 6.36. The first kappa shape index (κ1) is 22.7. The van der Waals surface area contributed by atoms with Gasteiger partial charge < -0.3 is 19.7 Å². The molecule has 0 spiro atoms. The lowest BCUT2D eigenvalue weighted by atomic mass is 9.78. The summed E-state index contributed by atoms with van der Waals surface area (Å²) in [7, 11) is 0. The molecule has 1 saturated heterocycles. The molecule has 1 N–H and O–H groups in total. The highest BCUT2D eigenvalue weighted by Crippen LogP contribution is 2.42. The third-order valence-electron chi connectivity index (χ3n) is 6.36. The molecule has 0 aromatic heterocycles. The van der Waals surface area contributed by atoms with Gasteiger partial charge in [0.2, 0.25) is 5.91 Å². The smallest absolute Gasteiger partial charge is 0.269 e. The fourth-order valence-corrected chi connectivity index (χ4v) is 4.46. The lowest BCUT2D eigenvalue weighted by molar-refractivity contribution is -0.384. The highest BCUT2D eigenvalue weighted by atomic mass is 16.6. The first-order valence-electron chi connectivity index (χ1n) is 11.1. The highest BCUT2D eigenvalue weighted by molar-refractivity contribution is 5.99. The van der Waals surface area contributed by atoms with Gasteiger partial charge in [0, 0.05) is 30.9 Å². The van der Waals surface area contributed by atoms with Crippen molar-refractivity contribution in [2.24, 2.45) is 0 Å². The normalized spacial score (nSPS) is 17.4. The maximum absolute atomic E-state index is 13.3. The fourth-order valence-electron chi connectivity index (χ4n) is 4.46. The SMILES string of the molecule is O=C(COc1ccc(NC(=O)C2(c3ccc([N+](=O)[O-])cc3)CCCC2)cc1)N1CCOCC1. The number of anilines is 1. The van der Waals surface area contributed by atoms with Gasteiger partial charge in [-0.2, -0.15) is 0 Å². The quantitative estimate of drug-likeness (QED) is 0.509. The molecule has 4 rings (SSSR count). The Kier molecular flexibility index (Phi) is 6.88. The zero-order valence-corrected chi connectivity index (χ0v) is 18.3. The van der Waals surface area contributed by atoms with Gasteiger partial charge in [-0.1, -0.05) is 25.0 Å². The van der Waals surface area contributed by atoms with Gasteiger partial charge in [0.15, 0.2) is 6.61 Å². The van der Waals surface area contributed by atoms with Crippen molar-refractivity contribution in [2.45, 2.75) is 31.1 Å². The summed E-state index contributed by atoms with van der Waals surface area (Å²) < 4.78 is 10.8. The van der Waals surface area contributed by atoms with E-state index in [1.54, 1.807) is 41.3 Å². The topological polar surface area (TPSA) is 111 Å². The van der Waals surface area contributed by atoms with Crippen molar-refractivity contribution >= 4 is 23.2 Å². The molecule has 174 valence electrons. The molecule has 2 aromatic rings. The Bertz CT molecular complexity index is 994. The maximum Gasteiger partial charge on any atom is 0.269 e. The number of benzene rings is 2. The van der Waals surface area contributed by atoms with E-state index < -0.39 is 10.3 Å². The van der Waals surface area contributed by atoms with Gasteiger partial charge in [0.05, 0.1) is 23.6 Å². The molecule has 2 amide bonds. The Morgan fingerprint density at radius 1 is 1.03 bits per heavy atom. The van der Waals surface area contributed by atoms with Crippen molar-refractivity contribution < 1.29 is 24.0 Å². The molecule has 0 bridgehead atoms. The fraction of sp³-hybridized carbons (Fsp3) is 0.417. The second kappa shape index (κ2) is 9.99. The van der Waals surface area contributed by atoms with Gasteiger partial charge in [0.1, 0.15) is 5.75 Å². The average Bonchev–Trinajstić information content (AvgIpc) is 3.35. The van der Waals surface area contributed by atoms with Crippen LogP contribution in [0.1, 0.15) is 31.2 Å². The van der Waals surface area contributed by atoms with Crippen LogP contribution in [0.15, 0.2) is 48.5 Å². The van der Waals surface area contributed by atoms with E-state index in [1.807, 2.05) is 0 Å². The largest absolute Gasteiger partial charge is 0.484 e. The number of carbonyl (C=O) groups excluding carboxylic acids is 2. The van der Waals surface area contributed by atoms with Crippen LogP contribution in [0.4, 0.5) is 11.4 Å². The number of hydrogen-bond donors (Lipinski definition) is 1. The molecule has 33 heavy (non-hydrogen) atoms. The molecular formula is C24H27N3O6. The van der Waals surface area contributed by atoms with E-state index >= 15 is 0 Å². The summed E-state index contributed by atoms with van der Waals surface area (Å²) in [5.74, 6) is 0.340. The van der Waals surface area contributed by atoms with Crippen molar-refractivity contribution in [2.75, 3.05) is 38.2 Å². The second-order valence-electron chi connectivity index (χ2n) is 8.35. The minimum Gasteiger partial charge on any atom is -0.484 e. The molecule has 1 aliphatic carbocycles. The second-order valence-corrected chi connectivity index (χ2v) is 8.35. The molecule has 0 radical (unpaired) electrons. The van der Waals surface area contributed by atoms with Crippen LogP contribution >= 0.6 is 0 Å². The van der Waals surface area contributed by atoms with Crippen LogP contribution in [-0.4, -0.2) is 54.5 Å². The number of nitrogens with zero attached hydrogens (tertiary/aromatic N) is 2. The molecule has 9 heteroatoms. The summed E-state index contributed by atoms with van der Waals surface area (Å²) in [6.07, 6.45) is 3.24. The highest BCUT2D eigenvalue weighted by Gasteiger charge is 2.42. The summed E-state index contributed by atoms with van der Waals surface area (Å²) in [4.78, 5) is 37.8. The molecule has 9 nitrogen and oxygen atoms in total.